The van der Waals surface area contributed by atoms with Crippen LogP contribution in [0, 0.1) is 0 Å². The predicted octanol–water partition coefficient (Wildman–Crippen LogP) is 3.75. The van der Waals surface area contributed by atoms with Crippen LogP contribution in [0.4, 0.5) is 5.69 Å². The van der Waals surface area contributed by atoms with Crippen LogP contribution in [0.3, 0.4) is 0 Å². The Bertz CT molecular complexity index is 917. The van der Waals surface area contributed by atoms with Crippen LogP contribution in [-0.4, -0.2) is 17.1 Å². The van der Waals surface area contributed by atoms with Crippen molar-refractivity contribution in [3.8, 4) is 0 Å². The SMILES string of the molecule is CSc1ccc(Cl)c(C(=O)Nc2ccc3oc(=O)[nH]c3c2)c1. The van der Waals surface area contributed by atoms with E-state index in [1.165, 1.54) is 11.8 Å². The summed E-state index contributed by atoms with van der Waals surface area (Å²) in [5.41, 5.74) is 1.90. The summed E-state index contributed by atoms with van der Waals surface area (Å²) in [5, 5.41) is 3.14. The molecule has 5 nitrogen and oxygen atoms in total. The predicted molar refractivity (Wildman–Crippen MR) is 88.0 cm³/mol. The minimum absolute atomic E-state index is 0.314. The molecule has 1 aromatic heterocycles. The smallest absolute Gasteiger partial charge is 0.408 e. The number of thioether (sulfide) groups is 1. The van der Waals surface area contributed by atoms with Crippen molar-refractivity contribution in [3.63, 3.8) is 0 Å². The molecule has 0 saturated heterocycles. The van der Waals surface area contributed by atoms with Crippen molar-refractivity contribution in [2.24, 2.45) is 0 Å². The van der Waals surface area contributed by atoms with Gasteiger partial charge in [-0.3, -0.25) is 9.78 Å². The van der Waals surface area contributed by atoms with Gasteiger partial charge in [-0.1, -0.05) is 11.6 Å². The molecule has 0 saturated carbocycles. The van der Waals surface area contributed by atoms with E-state index in [1.54, 1.807) is 30.3 Å². The van der Waals surface area contributed by atoms with Gasteiger partial charge in [0, 0.05) is 10.6 Å². The number of benzene rings is 2. The number of aromatic amines is 1. The molecule has 0 unspecified atom stereocenters. The highest BCUT2D eigenvalue weighted by molar-refractivity contribution is 7.98. The third-order valence-electron chi connectivity index (χ3n) is 3.09. The van der Waals surface area contributed by atoms with Crippen LogP contribution >= 0.6 is 23.4 Å². The topological polar surface area (TPSA) is 75.1 Å². The summed E-state index contributed by atoms with van der Waals surface area (Å²) in [7, 11) is 0. The van der Waals surface area contributed by atoms with Gasteiger partial charge in [0.15, 0.2) is 5.58 Å². The van der Waals surface area contributed by atoms with Crippen LogP contribution in [0.25, 0.3) is 11.1 Å². The number of anilines is 1. The summed E-state index contributed by atoms with van der Waals surface area (Å²) in [4.78, 5) is 27.0. The maximum atomic E-state index is 12.3. The molecule has 112 valence electrons. The fourth-order valence-electron chi connectivity index (χ4n) is 2.03. The highest BCUT2D eigenvalue weighted by Gasteiger charge is 2.12. The molecule has 3 aromatic rings. The largest absolute Gasteiger partial charge is 0.417 e. The lowest BCUT2D eigenvalue weighted by Gasteiger charge is -2.08. The lowest BCUT2D eigenvalue weighted by molar-refractivity contribution is 0.102. The molecule has 1 heterocycles. The number of halogens is 1. The number of carbonyl (C=O) groups excluding carboxylic acids is 1. The zero-order valence-electron chi connectivity index (χ0n) is 11.5. The number of H-pyrrole nitrogens is 1. The monoisotopic (exact) mass is 334 g/mol. The fraction of sp³-hybridized carbons (Fsp3) is 0.0667. The quantitative estimate of drug-likeness (QED) is 0.715. The lowest BCUT2D eigenvalue weighted by Crippen LogP contribution is -2.12. The Hall–Kier alpha value is -2.18. The first-order valence-corrected chi connectivity index (χ1v) is 7.95. The highest BCUT2D eigenvalue weighted by Crippen LogP contribution is 2.24. The Kier molecular flexibility index (Phi) is 3.96. The Morgan fingerprint density at radius 3 is 2.86 bits per heavy atom. The summed E-state index contributed by atoms with van der Waals surface area (Å²) >= 11 is 7.61. The summed E-state index contributed by atoms with van der Waals surface area (Å²) in [5.74, 6) is -0.847. The van der Waals surface area contributed by atoms with Crippen molar-refractivity contribution in [2.45, 2.75) is 4.90 Å². The fourth-order valence-corrected chi connectivity index (χ4v) is 2.68. The number of carbonyl (C=O) groups is 1. The maximum Gasteiger partial charge on any atom is 0.417 e. The van der Waals surface area contributed by atoms with E-state index in [-0.39, 0.29) is 5.91 Å². The average molecular weight is 335 g/mol. The summed E-state index contributed by atoms with van der Waals surface area (Å²) in [6, 6.07) is 10.2. The molecule has 0 aliphatic rings. The first-order chi connectivity index (χ1) is 10.6. The Labute approximate surface area is 134 Å². The van der Waals surface area contributed by atoms with Crippen molar-refractivity contribution in [3.05, 3.63) is 57.5 Å². The molecule has 0 spiro atoms. The molecule has 0 radical (unpaired) electrons. The summed E-state index contributed by atoms with van der Waals surface area (Å²) in [6.07, 6.45) is 1.92. The number of amides is 1. The van der Waals surface area contributed by atoms with E-state index in [4.69, 9.17) is 16.0 Å². The number of nitrogens with one attached hydrogen (secondary N) is 2. The van der Waals surface area contributed by atoms with Gasteiger partial charge in [-0.05, 0) is 42.7 Å². The second-order valence-electron chi connectivity index (χ2n) is 4.53. The van der Waals surface area contributed by atoms with Gasteiger partial charge in [-0.15, -0.1) is 11.8 Å². The number of aromatic nitrogens is 1. The van der Waals surface area contributed by atoms with Crippen LogP contribution in [0.2, 0.25) is 5.02 Å². The lowest BCUT2D eigenvalue weighted by atomic mass is 10.2. The molecule has 0 atom stereocenters. The molecule has 1 amide bonds. The van der Waals surface area contributed by atoms with Crippen LogP contribution in [0.5, 0.6) is 0 Å². The van der Waals surface area contributed by atoms with Crippen LogP contribution in [-0.2, 0) is 0 Å². The molecule has 3 rings (SSSR count). The van der Waals surface area contributed by atoms with Gasteiger partial charge in [0.25, 0.3) is 5.91 Å². The van der Waals surface area contributed by atoms with E-state index in [0.717, 1.165) is 4.90 Å². The Balaban J connectivity index is 1.90. The normalized spacial score (nSPS) is 10.8. The van der Waals surface area contributed by atoms with Crippen molar-refractivity contribution in [1.29, 1.82) is 0 Å². The molecule has 22 heavy (non-hydrogen) atoms. The van der Waals surface area contributed by atoms with Gasteiger partial charge in [-0.25, -0.2) is 4.79 Å². The standard InChI is InChI=1S/C15H11ClN2O3S/c1-22-9-3-4-11(16)10(7-9)14(19)17-8-2-5-13-12(6-8)18-15(20)21-13/h2-7H,1H3,(H,17,19)(H,18,20). The zero-order chi connectivity index (χ0) is 15.7. The van der Waals surface area contributed by atoms with E-state index < -0.39 is 5.76 Å². The highest BCUT2D eigenvalue weighted by atomic mass is 35.5. The molecule has 2 N–H and O–H groups in total. The molecule has 7 heteroatoms. The molecule has 0 fully saturated rings. The molecular weight excluding hydrogens is 324 g/mol. The minimum Gasteiger partial charge on any atom is -0.408 e. The van der Waals surface area contributed by atoms with Crippen molar-refractivity contribution >= 4 is 46.1 Å². The van der Waals surface area contributed by atoms with Crippen LogP contribution < -0.4 is 11.1 Å². The van der Waals surface area contributed by atoms with Crippen molar-refractivity contribution in [2.75, 3.05) is 11.6 Å². The van der Waals surface area contributed by atoms with E-state index >= 15 is 0 Å². The minimum atomic E-state index is -0.533. The average Bonchev–Trinajstić information content (AvgIpc) is 2.87. The first-order valence-electron chi connectivity index (χ1n) is 6.34. The summed E-state index contributed by atoms with van der Waals surface area (Å²) < 4.78 is 4.91. The van der Waals surface area contributed by atoms with Gasteiger partial charge in [0.2, 0.25) is 0 Å². The van der Waals surface area contributed by atoms with Gasteiger partial charge >= 0.3 is 5.76 Å². The van der Waals surface area contributed by atoms with Gasteiger partial charge < -0.3 is 9.73 Å². The van der Waals surface area contributed by atoms with Crippen LogP contribution in [0.15, 0.2) is 50.5 Å². The third kappa shape index (κ3) is 2.88. The van der Waals surface area contributed by atoms with E-state index in [2.05, 4.69) is 10.3 Å². The van der Waals surface area contributed by atoms with Gasteiger partial charge in [-0.2, -0.15) is 0 Å². The number of oxazole rings is 1. The number of fused-ring (bicyclic) bond motifs is 1. The Morgan fingerprint density at radius 2 is 2.09 bits per heavy atom. The van der Waals surface area contributed by atoms with Crippen LogP contribution in [0.1, 0.15) is 10.4 Å². The van der Waals surface area contributed by atoms with Gasteiger partial charge in [0.1, 0.15) is 0 Å². The molecule has 0 aliphatic carbocycles. The molecular formula is C15H11ClN2O3S. The maximum absolute atomic E-state index is 12.3. The molecule has 0 aliphatic heterocycles. The Morgan fingerprint density at radius 1 is 1.27 bits per heavy atom. The number of hydrogen-bond donors (Lipinski definition) is 2. The van der Waals surface area contributed by atoms with E-state index in [1.807, 2.05) is 12.3 Å². The third-order valence-corrected chi connectivity index (χ3v) is 4.15. The summed E-state index contributed by atoms with van der Waals surface area (Å²) in [6.45, 7) is 0. The van der Waals surface area contributed by atoms with Gasteiger partial charge in [0.05, 0.1) is 16.1 Å². The molecule has 0 bridgehead atoms. The zero-order valence-corrected chi connectivity index (χ0v) is 13.0. The van der Waals surface area contributed by atoms with Crippen molar-refractivity contribution in [1.82, 2.24) is 4.98 Å². The van der Waals surface area contributed by atoms with E-state index in [0.29, 0.717) is 27.4 Å². The molecule has 2 aromatic carbocycles. The van der Waals surface area contributed by atoms with Crippen molar-refractivity contribution < 1.29 is 9.21 Å². The van der Waals surface area contributed by atoms with E-state index in [9.17, 15) is 9.59 Å². The number of rotatable bonds is 3. The first kappa shape index (κ1) is 14.7. The number of hydrogen-bond acceptors (Lipinski definition) is 4. The second-order valence-corrected chi connectivity index (χ2v) is 5.81. The second kappa shape index (κ2) is 5.90.